The minimum Gasteiger partial charge on any atom is -0.480 e. The Balaban J connectivity index is 0.00000361. The van der Waals surface area contributed by atoms with E-state index in [1.54, 1.807) is 30.3 Å². The summed E-state index contributed by atoms with van der Waals surface area (Å²) in [5.74, 6) is -2.58. The fraction of sp³-hybridized carbons (Fsp3) is 0.467. The Kier molecular flexibility index (Phi) is 8.49. The maximum atomic E-state index is 11.5. The van der Waals surface area contributed by atoms with Crippen molar-refractivity contribution >= 4 is 35.0 Å². The molecule has 0 fully saturated rings. The summed E-state index contributed by atoms with van der Waals surface area (Å²) >= 11 is 0. The van der Waals surface area contributed by atoms with Crippen molar-refractivity contribution in [2.75, 3.05) is 0 Å². The van der Waals surface area contributed by atoms with Gasteiger partial charge >= 0.3 is 35.0 Å². The van der Waals surface area contributed by atoms with Gasteiger partial charge in [-0.1, -0.05) is 62.9 Å². The second-order valence-corrected chi connectivity index (χ2v) is 4.69. The summed E-state index contributed by atoms with van der Waals surface area (Å²) in [6.45, 7) is 2.05. The minimum atomic E-state index is -1.82. The van der Waals surface area contributed by atoms with E-state index >= 15 is 0 Å². The molecular formula is C15H22MgO4. The lowest BCUT2D eigenvalue weighted by molar-refractivity contribution is -0.158. The highest BCUT2D eigenvalue weighted by molar-refractivity contribution is 6.04. The zero-order valence-corrected chi connectivity index (χ0v) is 11.1. The summed E-state index contributed by atoms with van der Waals surface area (Å²) in [7, 11) is 0. The molecule has 2 N–H and O–H groups in total. The maximum absolute atomic E-state index is 11.5. The Morgan fingerprint density at radius 2 is 1.55 bits per heavy atom. The molecule has 0 saturated carbocycles. The molecule has 5 heteroatoms. The number of carbonyl (C=O) groups is 2. The lowest BCUT2D eigenvalue weighted by Crippen LogP contribution is -2.43. The third-order valence-corrected chi connectivity index (χ3v) is 3.40. The van der Waals surface area contributed by atoms with E-state index in [9.17, 15) is 19.8 Å². The van der Waals surface area contributed by atoms with Crippen LogP contribution in [0.15, 0.2) is 30.3 Å². The number of carboxylic acids is 2. The summed E-state index contributed by atoms with van der Waals surface area (Å²) in [6, 6.07) is 8.23. The second kappa shape index (κ2) is 8.97. The largest absolute Gasteiger partial charge is 0.480 e. The molecule has 0 heterocycles. The molecule has 4 nitrogen and oxygen atoms in total. The smallest absolute Gasteiger partial charge is 0.325 e. The average molecular weight is 291 g/mol. The third kappa shape index (κ3) is 4.21. The van der Waals surface area contributed by atoms with Crippen molar-refractivity contribution in [1.29, 1.82) is 0 Å². The summed E-state index contributed by atoms with van der Waals surface area (Å²) in [4.78, 5) is 23.1. The fourth-order valence-electron chi connectivity index (χ4n) is 2.24. The van der Waals surface area contributed by atoms with E-state index in [0.717, 1.165) is 19.3 Å². The van der Waals surface area contributed by atoms with Gasteiger partial charge in [-0.05, 0) is 12.0 Å². The Morgan fingerprint density at radius 3 is 2.00 bits per heavy atom. The van der Waals surface area contributed by atoms with Gasteiger partial charge in [0.2, 0.25) is 0 Å². The molecule has 0 amide bonds. The van der Waals surface area contributed by atoms with Crippen LogP contribution >= 0.6 is 0 Å². The van der Waals surface area contributed by atoms with Crippen molar-refractivity contribution in [3.63, 3.8) is 0 Å². The molecule has 1 rings (SSSR count). The van der Waals surface area contributed by atoms with Crippen LogP contribution in [-0.2, 0) is 15.0 Å². The van der Waals surface area contributed by atoms with E-state index in [-0.39, 0.29) is 29.5 Å². The molecule has 0 radical (unpaired) electrons. The molecule has 0 aliphatic heterocycles. The molecule has 0 spiro atoms. The van der Waals surface area contributed by atoms with Gasteiger partial charge in [-0.15, -0.1) is 0 Å². The highest BCUT2D eigenvalue weighted by atomic mass is 24.3. The molecular weight excluding hydrogens is 268 g/mol. The molecule has 0 aliphatic carbocycles. The van der Waals surface area contributed by atoms with Crippen molar-refractivity contribution in [2.45, 2.75) is 44.4 Å². The van der Waals surface area contributed by atoms with Crippen molar-refractivity contribution in [3.05, 3.63) is 35.9 Å². The van der Waals surface area contributed by atoms with E-state index in [2.05, 4.69) is 6.92 Å². The molecule has 0 bridgehead atoms. The molecule has 0 unspecified atom stereocenters. The molecule has 20 heavy (non-hydrogen) atoms. The van der Waals surface area contributed by atoms with E-state index < -0.39 is 17.4 Å². The van der Waals surface area contributed by atoms with Crippen molar-refractivity contribution in [3.8, 4) is 0 Å². The Morgan fingerprint density at radius 1 is 1.00 bits per heavy atom. The van der Waals surface area contributed by atoms with Crippen LogP contribution in [0.3, 0.4) is 0 Å². The Hall–Kier alpha value is -1.07. The van der Waals surface area contributed by atoms with Gasteiger partial charge in [0, 0.05) is 0 Å². The predicted octanol–water partition coefficient (Wildman–Crippen LogP) is 2.15. The van der Waals surface area contributed by atoms with Crippen LogP contribution in [0.25, 0.3) is 0 Å². The SMILES string of the molecule is CCCCCCC(C(=O)O)(C(=O)O)c1ccccc1.[MgH2]. The lowest BCUT2D eigenvalue weighted by atomic mass is 9.76. The number of aliphatic carboxylic acids is 2. The quantitative estimate of drug-likeness (QED) is 0.437. The van der Waals surface area contributed by atoms with Gasteiger partial charge in [-0.3, -0.25) is 9.59 Å². The first-order valence-electron chi connectivity index (χ1n) is 6.58. The number of unbranched alkanes of at least 4 members (excludes halogenated alkanes) is 3. The van der Waals surface area contributed by atoms with E-state index in [1.807, 2.05) is 0 Å². The number of hydrogen-bond acceptors (Lipinski definition) is 2. The normalized spacial score (nSPS) is 10.7. The predicted molar refractivity (Wildman–Crippen MR) is 80.7 cm³/mol. The van der Waals surface area contributed by atoms with Crippen molar-refractivity contribution < 1.29 is 19.8 Å². The van der Waals surface area contributed by atoms with Crippen LogP contribution in [0.2, 0.25) is 0 Å². The Labute approximate surface area is 135 Å². The molecule has 0 atom stereocenters. The maximum Gasteiger partial charge on any atom is 0.325 e. The van der Waals surface area contributed by atoms with Crippen LogP contribution < -0.4 is 0 Å². The van der Waals surface area contributed by atoms with Gasteiger partial charge in [0.25, 0.3) is 0 Å². The lowest BCUT2D eigenvalue weighted by Gasteiger charge is -2.25. The number of benzene rings is 1. The van der Waals surface area contributed by atoms with Crippen LogP contribution in [-0.4, -0.2) is 45.2 Å². The first-order chi connectivity index (χ1) is 9.05. The summed E-state index contributed by atoms with van der Waals surface area (Å²) in [6.07, 6.45) is 3.59. The number of rotatable bonds is 8. The molecule has 0 aromatic heterocycles. The van der Waals surface area contributed by atoms with Crippen LogP contribution in [0, 0.1) is 0 Å². The molecule has 1 aromatic carbocycles. The minimum absolute atomic E-state index is 0. The highest BCUT2D eigenvalue weighted by Crippen LogP contribution is 2.31. The molecule has 1 aromatic rings. The zero-order chi connectivity index (χ0) is 14.3. The third-order valence-electron chi connectivity index (χ3n) is 3.40. The van der Waals surface area contributed by atoms with Gasteiger partial charge in [0.1, 0.15) is 0 Å². The number of carboxylic acid groups (broad SMARTS) is 2. The van der Waals surface area contributed by atoms with Gasteiger partial charge in [0.15, 0.2) is 5.41 Å². The summed E-state index contributed by atoms with van der Waals surface area (Å²) in [5, 5.41) is 18.8. The van der Waals surface area contributed by atoms with Crippen LogP contribution in [0.5, 0.6) is 0 Å². The van der Waals surface area contributed by atoms with Gasteiger partial charge in [0.05, 0.1) is 0 Å². The first kappa shape index (κ1) is 18.9. The first-order valence-corrected chi connectivity index (χ1v) is 6.58. The molecule has 0 saturated heterocycles. The average Bonchev–Trinajstić information content (AvgIpc) is 2.39. The number of hydrogen-bond donors (Lipinski definition) is 2. The van der Waals surface area contributed by atoms with Gasteiger partial charge < -0.3 is 10.2 Å². The Bertz CT molecular complexity index is 417. The van der Waals surface area contributed by atoms with Crippen molar-refractivity contribution in [1.82, 2.24) is 0 Å². The van der Waals surface area contributed by atoms with Crippen LogP contribution in [0.4, 0.5) is 0 Å². The van der Waals surface area contributed by atoms with E-state index in [0.29, 0.717) is 12.0 Å². The fourth-order valence-corrected chi connectivity index (χ4v) is 2.24. The van der Waals surface area contributed by atoms with E-state index in [1.165, 1.54) is 0 Å². The standard InChI is InChI=1S/C15H20O4.Mg.2H/c1-2-3-4-8-11-15(13(16)17,14(18)19)12-9-6-5-7-10-12;;;/h5-7,9-10H,2-4,8,11H2,1H3,(H,16,17)(H,18,19);;;. The molecule has 0 aliphatic rings. The van der Waals surface area contributed by atoms with E-state index in [4.69, 9.17) is 0 Å². The highest BCUT2D eigenvalue weighted by Gasteiger charge is 2.47. The van der Waals surface area contributed by atoms with Gasteiger partial charge in [-0.25, -0.2) is 0 Å². The van der Waals surface area contributed by atoms with Crippen molar-refractivity contribution in [2.24, 2.45) is 0 Å². The molecule has 108 valence electrons. The zero-order valence-electron chi connectivity index (χ0n) is 11.1. The van der Waals surface area contributed by atoms with Gasteiger partial charge in [-0.2, -0.15) is 0 Å². The second-order valence-electron chi connectivity index (χ2n) is 4.69. The topological polar surface area (TPSA) is 74.6 Å². The summed E-state index contributed by atoms with van der Waals surface area (Å²) in [5.41, 5.74) is -1.49. The van der Waals surface area contributed by atoms with Crippen LogP contribution in [0.1, 0.15) is 44.6 Å². The summed E-state index contributed by atoms with van der Waals surface area (Å²) < 4.78 is 0. The monoisotopic (exact) mass is 290 g/mol.